The molecule has 0 spiro atoms. The van der Waals surface area contributed by atoms with Crippen LogP contribution in [-0.2, 0) is 0 Å². The molecule has 0 amide bonds. The van der Waals surface area contributed by atoms with Crippen LogP contribution < -0.4 is 15.4 Å². The molecular formula is C12H21N5O. The van der Waals surface area contributed by atoms with Crippen molar-refractivity contribution < 1.29 is 4.74 Å². The molecule has 2 heterocycles. The highest BCUT2D eigenvalue weighted by Crippen LogP contribution is 2.33. The number of rotatable bonds is 3. The summed E-state index contributed by atoms with van der Waals surface area (Å²) in [4.78, 5) is 12.7. The van der Waals surface area contributed by atoms with Crippen molar-refractivity contribution in [3.63, 3.8) is 0 Å². The van der Waals surface area contributed by atoms with Crippen LogP contribution in [0.15, 0.2) is 6.33 Å². The van der Waals surface area contributed by atoms with Crippen molar-refractivity contribution in [2.75, 3.05) is 44.9 Å². The second-order valence-electron chi connectivity index (χ2n) is 5.03. The first kappa shape index (κ1) is 12.9. The van der Waals surface area contributed by atoms with E-state index in [0.717, 1.165) is 18.9 Å². The fourth-order valence-electron chi connectivity index (χ4n) is 2.59. The number of nitrogens with zero attached hydrogens (tertiary/aromatic N) is 4. The number of nitrogens with two attached hydrogens (primary N) is 1. The number of ether oxygens (including phenoxy) is 1. The minimum absolute atomic E-state index is 0.392. The van der Waals surface area contributed by atoms with E-state index < -0.39 is 0 Å². The monoisotopic (exact) mass is 251 g/mol. The van der Waals surface area contributed by atoms with Gasteiger partial charge in [-0.05, 0) is 20.0 Å². The van der Waals surface area contributed by atoms with Crippen LogP contribution in [0.1, 0.15) is 6.92 Å². The van der Waals surface area contributed by atoms with Crippen LogP contribution >= 0.6 is 0 Å². The van der Waals surface area contributed by atoms with Crippen LogP contribution in [0.4, 0.5) is 11.6 Å². The molecule has 1 aliphatic rings. The summed E-state index contributed by atoms with van der Waals surface area (Å²) in [5.74, 6) is 2.34. The van der Waals surface area contributed by atoms with Gasteiger partial charge in [0.25, 0.3) is 0 Å². The Bertz CT molecular complexity index is 423. The molecule has 2 unspecified atom stereocenters. The van der Waals surface area contributed by atoms with E-state index in [9.17, 15) is 0 Å². The van der Waals surface area contributed by atoms with Gasteiger partial charge >= 0.3 is 0 Å². The van der Waals surface area contributed by atoms with Gasteiger partial charge in [0, 0.05) is 19.1 Å². The molecule has 0 aliphatic carbocycles. The number of anilines is 2. The van der Waals surface area contributed by atoms with Crippen molar-refractivity contribution >= 4 is 11.6 Å². The van der Waals surface area contributed by atoms with E-state index in [-0.39, 0.29) is 0 Å². The maximum atomic E-state index is 5.82. The highest BCUT2D eigenvalue weighted by molar-refractivity contribution is 5.63. The Morgan fingerprint density at radius 2 is 2.11 bits per heavy atom. The lowest BCUT2D eigenvalue weighted by Gasteiger charge is -2.23. The molecule has 1 fully saturated rings. The third-order valence-electron chi connectivity index (χ3n) is 3.55. The van der Waals surface area contributed by atoms with Crippen molar-refractivity contribution in [1.29, 1.82) is 0 Å². The summed E-state index contributed by atoms with van der Waals surface area (Å²) in [6.45, 7) is 4.14. The van der Waals surface area contributed by atoms with Crippen molar-refractivity contribution in [2.24, 2.45) is 5.92 Å². The van der Waals surface area contributed by atoms with E-state index >= 15 is 0 Å². The second-order valence-corrected chi connectivity index (χ2v) is 5.03. The molecule has 18 heavy (non-hydrogen) atoms. The van der Waals surface area contributed by atoms with Crippen LogP contribution in [0.2, 0.25) is 0 Å². The molecule has 2 N–H and O–H groups in total. The van der Waals surface area contributed by atoms with Crippen LogP contribution in [0.5, 0.6) is 5.75 Å². The van der Waals surface area contributed by atoms with Crippen LogP contribution in [-0.4, -0.2) is 55.2 Å². The third kappa shape index (κ3) is 2.20. The Kier molecular flexibility index (Phi) is 3.56. The average molecular weight is 251 g/mol. The normalized spacial score (nSPS) is 23.7. The number of aromatic nitrogens is 2. The van der Waals surface area contributed by atoms with E-state index in [1.165, 1.54) is 6.33 Å². The molecule has 1 aliphatic heterocycles. The van der Waals surface area contributed by atoms with Gasteiger partial charge in [-0.2, -0.15) is 0 Å². The number of methoxy groups -OCH3 is 1. The summed E-state index contributed by atoms with van der Waals surface area (Å²) in [5.41, 5.74) is 5.82. The molecule has 0 aromatic carbocycles. The quantitative estimate of drug-likeness (QED) is 0.841. The fraction of sp³-hybridized carbons (Fsp3) is 0.667. The largest absolute Gasteiger partial charge is 0.490 e. The molecule has 1 aromatic heterocycles. The minimum atomic E-state index is 0.392. The minimum Gasteiger partial charge on any atom is -0.490 e. The third-order valence-corrected chi connectivity index (χ3v) is 3.55. The Labute approximate surface area is 108 Å². The Morgan fingerprint density at radius 1 is 1.39 bits per heavy atom. The van der Waals surface area contributed by atoms with Gasteiger partial charge in [-0.3, -0.25) is 0 Å². The van der Waals surface area contributed by atoms with Crippen LogP contribution in [0, 0.1) is 5.92 Å². The molecule has 2 atom stereocenters. The topological polar surface area (TPSA) is 67.5 Å². The first-order chi connectivity index (χ1) is 8.54. The number of likely N-dealkylation sites (N-methyl/N-ethyl adjacent to an activating group) is 1. The molecule has 0 radical (unpaired) electrons. The highest BCUT2D eigenvalue weighted by Gasteiger charge is 2.33. The zero-order chi connectivity index (χ0) is 13.3. The molecule has 1 saturated heterocycles. The standard InChI is InChI=1S/C12H21N5O/c1-8-5-17(6-9(8)16(2)3)12-10(18-4)11(13)14-7-15-12/h7-9H,5-6H2,1-4H3,(H2,13,14,15). The van der Waals surface area contributed by atoms with E-state index in [1.54, 1.807) is 7.11 Å². The predicted molar refractivity (Wildman–Crippen MR) is 71.8 cm³/mol. The average Bonchev–Trinajstić information content (AvgIpc) is 2.71. The lowest BCUT2D eigenvalue weighted by Crippen LogP contribution is -2.34. The van der Waals surface area contributed by atoms with Crippen molar-refractivity contribution in [2.45, 2.75) is 13.0 Å². The van der Waals surface area contributed by atoms with Crippen molar-refractivity contribution in [3.05, 3.63) is 6.33 Å². The zero-order valence-electron chi connectivity index (χ0n) is 11.4. The van der Waals surface area contributed by atoms with Gasteiger partial charge in [0.2, 0.25) is 5.75 Å². The van der Waals surface area contributed by atoms with E-state index in [2.05, 4.69) is 40.8 Å². The molecular weight excluding hydrogens is 230 g/mol. The molecule has 6 nitrogen and oxygen atoms in total. The molecule has 100 valence electrons. The first-order valence-electron chi connectivity index (χ1n) is 6.10. The Morgan fingerprint density at radius 3 is 2.67 bits per heavy atom. The summed E-state index contributed by atoms with van der Waals surface area (Å²) >= 11 is 0. The van der Waals surface area contributed by atoms with Gasteiger partial charge in [0.1, 0.15) is 6.33 Å². The maximum absolute atomic E-state index is 5.82. The lowest BCUT2D eigenvalue weighted by atomic mass is 10.1. The molecule has 2 rings (SSSR count). The molecule has 0 bridgehead atoms. The summed E-state index contributed by atoms with van der Waals surface area (Å²) < 4.78 is 5.31. The summed E-state index contributed by atoms with van der Waals surface area (Å²) in [7, 11) is 5.81. The number of nitrogen functional groups attached to an aromatic ring is 1. The zero-order valence-corrected chi connectivity index (χ0v) is 11.4. The van der Waals surface area contributed by atoms with Crippen molar-refractivity contribution in [3.8, 4) is 5.75 Å². The van der Waals surface area contributed by atoms with Gasteiger partial charge in [-0.25, -0.2) is 9.97 Å². The second kappa shape index (κ2) is 4.97. The Hall–Kier alpha value is -1.56. The van der Waals surface area contributed by atoms with Gasteiger partial charge in [-0.1, -0.05) is 6.92 Å². The van der Waals surface area contributed by atoms with Crippen molar-refractivity contribution in [1.82, 2.24) is 14.9 Å². The van der Waals surface area contributed by atoms with Gasteiger partial charge < -0.3 is 20.3 Å². The van der Waals surface area contributed by atoms with Gasteiger partial charge in [0.05, 0.1) is 7.11 Å². The SMILES string of the molecule is COc1c(N)ncnc1N1CC(C)C(N(C)C)C1. The number of hydrogen-bond donors (Lipinski definition) is 1. The number of hydrogen-bond acceptors (Lipinski definition) is 6. The highest BCUT2D eigenvalue weighted by atomic mass is 16.5. The molecule has 6 heteroatoms. The lowest BCUT2D eigenvalue weighted by molar-refractivity contribution is 0.266. The van der Waals surface area contributed by atoms with Crippen LogP contribution in [0.25, 0.3) is 0 Å². The van der Waals surface area contributed by atoms with Crippen LogP contribution in [0.3, 0.4) is 0 Å². The first-order valence-corrected chi connectivity index (χ1v) is 6.10. The van der Waals surface area contributed by atoms with E-state index in [1.807, 2.05) is 0 Å². The van der Waals surface area contributed by atoms with E-state index in [0.29, 0.717) is 23.5 Å². The smallest absolute Gasteiger partial charge is 0.204 e. The van der Waals surface area contributed by atoms with Gasteiger partial charge in [0.15, 0.2) is 11.6 Å². The van der Waals surface area contributed by atoms with Gasteiger partial charge in [-0.15, -0.1) is 0 Å². The molecule has 1 aromatic rings. The fourth-order valence-corrected chi connectivity index (χ4v) is 2.59. The summed E-state index contributed by atoms with van der Waals surface area (Å²) in [6.07, 6.45) is 1.49. The molecule has 0 saturated carbocycles. The summed E-state index contributed by atoms with van der Waals surface area (Å²) in [5, 5.41) is 0. The predicted octanol–water partition coefficient (Wildman–Crippen LogP) is 0.454. The Balaban J connectivity index is 2.26. The summed E-state index contributed by atoms with van der Waals surface area (Å²) in [6, 6.07) is 0.519. The van der Waals surface area contributed by atoms with E-state index in [4.69, 9.17) is 10.5 Å². The maximum Gasteiger partial charge on any atom is 0.204 e.